The predicted octanol–water partition coefficient (Wildman–Crippen LogP) is 6.73. The number of carbonyl (C=O) groups excluding carboxylic acids is 2. The number of hydrogen-bond acceptors (Lipinski definition) is 6. The minimum absolute atomic E-state index is 0.00720. The average molecular weight is 652 g/mol. The molecule has 0 amide bonds. The van der Waals surface area contributed by atoms with Crippen molar-refractivity contribution in [1.29, 1.82) is 0 Å². The Labute approximate surface area is 242 Å². The predicted molar refractivity (Wildman–Crippen MR) is 154 cm³/mol. The van der Waals surface area contributed by atoms with Crippen LogP contribution in [0.2, 0.25) is 0 Å². The Balaban J connectivity index is 1.94. The molecule has 0 heterocycles. The summed E-state index contributed by atoms with van der Waals surface area (Å²) >= 11 is 7.22. The number of ketones is 1. The zero-order valence-electron chi connectivity index (χ0n) is 21.0. The van der Waals surface area contributed by atoms with Crippen LogP contribution in [-0.2, 0) is 10.2 Å². The van der Waals surface area contributed by atoms with E-state index < -0.39 is 23.3 Å². The largest absolute Gasteiger partial charge is 0.507 e. The van der Waals surface area contributed by atoms with Gasteiger partial charge >= 0.3 is 5.97 Å². The van der Waals surface area contributed by atoms with E-state index in [-0.39, 0.29) is 29.2 Å². The highest BCUT2D eigenvalue weighted by atomic mass is 79.9. The molecule has 8 heteroatoms. The topological polar surface area (TPSA) is 104 Å². The van der Waals surface area contributed by atoms with Crippen molar-refractivity contribution in [3.05, 3.63) is 115 Å². The van der Waals surface area contributed by atoms with Crippen molar-refractivity contribution in [2.45, 2.75) is 25.4 Å². The first-order chi connectivity index (χ1) is 18.6. The molecule has 0 radical (unpaired) electrons. The Morgan fingerprint density at radius 1 is 0.795 bits per heavy atom. The van der Waals surface area contributed by atoms with Gasteiger partial charge in [0.05, 0.1) is 17.6 Å². The first-order valence-electron chi connectivity index (χ1n) is 12.3. The van der Waals surface area contributed by atoms with Crippen molar-refractivity contribution in [3.8, 4) is 22.6 Å². The number of halogens is 2. The Morgan fingerprint density at radius 3 is 1.77 bits per heavy atom. The van der Waals surface area contributed by atoms with Gasteiger partial charge in [-0.1, -0.05) is 56.1 Å². The molecule has 0 aliphatic heterocycles. The standard InChI is InChI=1S/C31H24Br2O6/c1-3-39-30(38)24-13-18(5-11-28(24)36)31(17-4-10-27(35)23(12-17)29(37)16(2)34)25-14-19(32)6-8-21(25)22-9-7-20(33)15-26(22)31/h4-16,34-36H,3H2,1-2H3. The van der Waals surface area contributed by atoms with Gasteiger partial charge in [0, 0.05) is 8.95 Å². The first-order valence-corrected chi connectivity index (χ1v) is 13.8. The minimum atomic E-state index is -1.32. The number of esters is 1. The summed E-state index contributed by atoms with van der Waals surface area (Å²) < 4.78 is 6.86. The number of Topliss-reactive ketones (excluding diaryl/α,β-unsaturated/α-hetero) is 1. The van der Waals surface area contributed by atoms with Gasteiger partial charge < -0.3 is 20.1 Å². The van der Waals surface area contributed by atoms with Crippen molar-refractivity contribution < 1.29 is 29.6 Å². The summed E-state index contributed by atoms with van der Waals surface area (Å²) in [6, 6.07) is 21.4. The molecule has 0 saturated heterocycles. The number of phenolic OH excluding ortho intramolecular Hbond substituents is 2. The number of phenols is 2. The molecular formula is C31H24Br2O6. The lowest BCUT2D eigenvalue weighted by Crippen LogP contribution is -2.30. The van der Waals surface area contributed by atoms with E-state index in [9.17, 15) is 24.9 Å². The number of rotatable bonds is 6. The molecule has 6 nitrogen and oxygen atoms in total. The lowest BCUT2D eigenvalue weighted by Gasteiger charge is -2.34. The van der Waals surface area contributed by atoms with Crippen LogP contribution in [0.5, 0.6) is 11.5 Å². The molecule has 5 rings (SSSR count). The lowest BCUT2D eigenvalue weighted by atomic mass is 9.67. The highest BCUT2D eigenvalue weighted by Gasteiger charge is 2.47. The number of hydrogen-bond donors (Lipinski definition) is 3. The van der Waals surface area contributed by atoms with Gasteiger partial charge in [0.15, 0.2) is 5.78 Å². The smallest absolute Gasteiger partial charge is 0.341 e. The molecule has 39 heavy (non-hydrogen) atoms. The van der Waals surface area contributed by atoms with Gasteiger partial charge in [0.25, 0.3) is 0 Å². The van der Waals surface area contributed by atoms with Crippen LogP contribution >= 0.6 is 31.9 Å². The monoisotopic (exact) mass is 650 g/mol. The van der Waals surface area contributed by atoms with Crippen molar-refractivity contribution in [3.63, 3.8) is 0 Å². The summed E-state index contributed by atoms with van der Waals surface area (Å²) in [5.74, 6) is -1.75. The molecule has 1 unspecified atom stereocenters. The maximum atomic E-state index is 12.9. The molecule has 0 bridgehead atoms. The third kappa shape index (κ3) is 4.36. The van der Waals surface area contributed by atoms with Crippen molar-refractivity contribution in [2.75, 3.05) is 6.61 Å². The zero-order valence-corrected chi connectivity index (χ0v) is 24.2. The zero-order chi connectivity index (χ0) is 28.1. The number of aliphatic hydroxyl groups is 1. The Morgan fingerprint density at radius 2 is 1.28 bits per heavy atom. The van der Waals surface area contributed by atoms with Crippen LogP contribution in [0.15, 0.2) is 81.7 Å². The molecule has 4 aromatic rings. The van der Waals surface area contributed by atoms with E-state index in [4.69, 9.17) is 4.74 Å². The first kappa shape index (κ1) is 27.1. The van der Waals surface area contributed by atoms with Crippen LogP contribution in [0.3, 0.4) is 0 Å². The highest BCUT2D eigenvalue weighted by Crippen LogP contribution is 2.57. The van der Waals surface area contributed by atoms with E-state index in [0.717, 1.165) is 31.2 Å². The number of carbonyl (C=O) groups is 2. The van der Waals surface area contributed by atoms with Crippen LogP contribution < -0.4 is 0 Å². The highest BCUT2D eigenvalue weighted by molar-refractivity contribution is 9.10. The summed E-state index contributed by atoms with van der Waals surface area (Å²) in [6.07, 6.45) is -1.32. The van der Waals surface area contributed by atoms with E-state index in [1.54, 1.807) is 31.2 Å². The van der Waals surface area contributed by atoms with Crippen molar-refractivity contribution >= 4 is 43.6 Å². The minimum Gasteiger partial charge on any atom is -0.507 e. The van der Waals surface area contributed by atoms with Crippen LogP contribution in [0, 0.1) is 0 Å². The molecule has 0 saturated carbocycles. The molecule has 1 aliphatic carbocycles. The average Bonchev–Trinajstić information content (AvgIpc) is 3.18. The number of ether oxygens (including phenoxy) is 1. The SMILES string of the molecule is CCOC(=O)c1cc(C2(c3ccc(O)c(C(=O)C(C)O)c3)c3cc(Br)ccc3-c3ccc(Br)cc32)ccc1O. The molecule has 4 aromatic carbocycles. The van der Waals surface area contributed by atoms with Gasteiger partial charge in [0.1, 0.15) is 23.2 Å². The van der Waals surface area contributed by atoms with E-state index >= 15 is 0 Å². The number of fused-ring (bicyclic) bond motifs is 3. The summed E-state index contributed by atoms with van der Waals surface area (Å²) in [5.41, 5.74) is 3.80. The summed E-state index contributed by atoms with van der Waals surface area (Å²) in [7, 11) is 0. The van der Waals surface area contributed by atoms with E-state index in [0.29, 0.717) is 11.1 Å². The van der Waals surface area contributed by atoms with Gasteiger partial charge in [-0.2, -0.15) is 0 Å². The van der Waals surface area contributed by atoms with Crippen molar-refractivity contribution in [2.24, 2.45) is 0 Å². The van der Waals surface area contributed by atoms with E-state index in [1.165, 1.54) is 19.1 Å². The Kier molecular flexibility index (Phi) is 7.13. The third-order valence-electron chi connectivity index (χ3n) is 7.06. The molecule has 0 fully saturated rings. The summed E-state index contributed by atoms with van der Waals surface area (Å²) in [5, 5.41) is 31.3. The van der Waals surface area contributed by atoms with Gasteiger partial charge in [-0.15, -0.1) is 0 Å². The molecule has 3 N–H and O–H groups in total. The second-order valence-corrected chi connectivity index (χ2v) is 11.2. The fourth-order valence-electron chi connectivity index (χ4n) is 5.39. The van der Waals surface area contributed by atoms with E-state index in [1.807, 2.05) is 36.4 Å². The van der Waals surface area contributed by atoms with Gasteiger partial charge in [0.2, 0.25) is 0 Å². The lowest BCUT2D eigenvalue weighted by molar-refractivity contribution is 0.0522. The number of benzene rings is 4. The fraction of sp³-hybridized carbons (Fsp3) is 0.161. The normalized spacial score (nSPS) is 13.9. The van der Waals surface area contributed by atoms with E-state index in [2.05, 4.69) is 31.9 Å². The van der Waals surface area contributed by atoms with Crippen LogP contribution in [0.1, 0.15) is 56.8 Å². The Hall–Kier alpha value is -3.46. The molecule has 1 atom stereocenters. The quantitative estimate of drug-likeness (QED) is 0.139. The molecule has 198 valence electrons. The molecular weight excluding hydrogens is 628 g/mol. The molecule has 1 aliphatic rings. The maximum Gasteiger partial charge on any atom is 0.341 e. The van der Waals surface area contributed by atoms with Gasteiger partial charge in [-0.3, -0.25) is 4.79 Å². The second kappa shape index (κ2) is 10.3. The number of aromatic hydroxyl groups is 2. The summed E-state index contributed by atoms with van der Waals surface area (Å²) in [4.78, 5) is 25.7. The Bertz CT molecular complexity index is 1590. The van der Waals surface area contributed by atoms with Gasteiger partial charge in [-0.05, 0) is 95.8 Å². The van der Waals surface area contributed by atoms with Crippen molar-refractivity contribution in [1.82, 2.24) is 0 Å². The van der Waals surface area contributed by atoms with Crippen LogP contribution in [0.25, 0.3) is 11.1 Å². The summed E-state index contributed by atoms with van der Waals surface area (Å²) in [6.45, 7) is 3.18. The molecule has 0 spiro atoms. The fourth-order valence-corrected chi connectivity index (χ4v) is 6.11. The third-order valence-corrected chi connectivity index (χ3v) is 8.05. The van der Waals surface area contributed by atoms with Gasteiger partial charge in [-0.25, -0.2) is 4.79 Å². The second-order valence-electron chi connectivity index (χ2n) is 9.35. The van der Waals surface area contributed by atoms with Crippen LogP contribution in [-0.4, -0.2) is 39.8 Å². The number of aliphatic hydroxyl groups excluding tert-OH is 1. The molecule has 0 aromatic heterocycles. The maximum absolute atomic E-state index is 12.9. The van der Waals surface area contributed by atoms with Crippen LogP contribution in [0.4, 0.5) is 0 Å².